The van der Waals surface area contributed by atoms with Crippen molar-refractivity contribution in [1.29, 1.82) is 0 Å². The van der Waals surface area contributed by atoms with Gasteiger partial charge in [0, 0.05) is 0 Å². The quantitative estimate of drug-likeness (QED) is 0.723. The van der Waals surface area contributed by atoms with E-state index in [0.29, 0.717) is 6.10 Å². The highest BCUT2D eigenvalue weighted by molar-refractivity contribution is 5.31. The van der Waals surface area contributed by atoms with E-state index in [0.717, 1.165) is 17.6 Å². The van der Waals surface area contributed by atoms with Gasteiger partial charge in [-0.2, -0.15) is 0 Å². The Morgan fingerprint density at radius 2 is 1.62 bits per heavy atom. The van der Waals surface area contributed by atoms with Gasteiger partial charge in [-0.25, -0.2) is 0 Å². The molecule has 1 aliphatic rings. The summed E-state index contributed by atoms with van der Waals surface area (Å²) in [4.78, 5) is 0. The molecule has 0 aliphatic heterocycles. The topological polar surface area (TPSA) is 9.23 Å². The summed E-state index contributed by atoms with van der Waals surface area (Å²) in [6, 6.07) is 8.32. The predicted octanol–water partition coefficient (Wildman–Crippen LogP) is 4.20. The molecule has 1 aromatic carbocycles. The second-order valence-electron chi connectivity index (χ2n) is 5.42. The Bertz CT molecular complexity index is 335. The Morgan fingerprint density at radius 3 is 2.25 bits per heavy atom. The van der Waals surface area contributed by atoms with Crippen LogP contribution in [0.4, 0.5) is 0 Å². The Hall–Kier alpha value is -0.980. The maximum absolute atomic E-state index is 6.13. The molecule has 0 heterocycles. The zero-order valence-electron chi connectivity index (χ0n) is 10.6. The SMILES string of the molecule is Cc1ccccc1OC1CC(C)CC(C)C1. The Balaban J connectivity index is 2.02. The summed E-state index contributed by atoms with van der Waals surface area (Å²) in [5.41, 5.74) is 1.24. The zero-order chi connectivity index (χ0) is 11.5. The van der Waals surface area contributed by atoms with E-state index in [2.05, 4.69) is 45.0 Å². The fraction of sp³-hybridized carbons (Fsp3) is 0.600. The van der Waals surface area contributed by atoms with Gasteiger partial charge in [0.1, 0.15) is 5.75 Å². The van der Waals surface area contributed by atoms with E-state index >= 15 is 0 Å². The summed E-state index contributed by atoms with van der Waals surface area (Å²) in [7, 11) is 0. The number of aryl methyl sites for hydroxylation is 1. The Labute approximate surface area is 98.8 Å². The van der Waals surface area contributed by atoms with Crippen LogP contribution in [-0.2, 0) is 0 Å². The smallest absolute Gasteiger partial charge is 0.122 e. The average molecular weight is 218 g/mol. The van der Waals surface area contributed by atoms with Crippen LogP contribution in [0.3, 0.4) is 0 Å². The van der Waals surface area contributed by atoms with E-state index in [9.17, 15) is 0 Å². The lowest BCUT2D eigenvalue weighted by Gasteiger charge is -2.32. The summed E-state index contributed by atoms with van der Waals surface area (Å²) in [5.74, 6) is 2.67. The number of rotatable bonds is 2. The van der Waals surface area contributed by atoms with Crippen molar-refractivity contribution < 1.29 is 4.74 Å². The standard InChI is InChI=1S/C15H22O/c1-11-8-12(2)10-14(9-11)16-15-7-5-4-6-13(15)3/h4-7,11-12,14H,8-10H2,1-3H3. The van der Waals surface area contributed by atoms with Crippen LogP contribution in [0.15, 0.2) is 24.3 Å². The maximum atomic E-state index is 6.13. The molecule has 1 fully saturated rings. The molecule has 0 spiro atoms. The molecule has 0 amide bonds. The van der Waals surface area contributed by atoms with Crippen molar-refractivity contribution in [2.45, 2.75) is 46.1 Å². The van der Waals surface area contributed by atoms with Crippen LogP contribution in [0.2, 0.25) is 0 Å². The first-order valence-electron chi connectivity index (χ1n) is 6.37. The zero-order valence-corrected chi connectivity index (χ0v) is 10.6. The largest absolute Gasteiger partial charge is 0.490 e. The fourth-order valence-corrected chi connectivity index (χ4v) is 2.84. The second kappa shape index (κ2) is 4.90. The maximum Gasteiger partial charge on any atom is 0.122 e. The highest BCUT2D eigenvalue weighted by atomic mass is 16.5. The summed E-state index contributed by atoms with van der Waals surface area (Å²) < 4.78 is 6.13. The predicted molar refractivity (Wildman–Crippen MR) is 67.8 cm³/mol. The number of hydrogen-bond acceptors (Lipinski definition) is 1. The van der Waals surface area contributed by atoms with Gasteiger partial charge in [0.05, 0.1) is 6.10 Å². The van der Waals surface area contributed by atoms with Gasteiger partial charge in [0.15, 0.2) is 0 Å². The molecule has 0 aromatic heterocycles. The minimum absolute atomic E-state index is 0.417. The van der Waals surface area contributed by atoms with Gasteiger partial charge in [0.25, 0.3) is 0 Å². The molecule has 1 nitrogen and oxygen atoms in total. The normalized spacial score (nSPS) is 30.1. The molecule has 0 saturated heterocycles. The van der Waals surface area contributed by atoms with E-state index in [1.54, 1.807) is 0 Å². The first kappa shape index (κ1) is 11.5. The lowest BCUT2D eigenvalue weighted by atomic mass is 9.82. The molecule has 2 unspecified atom stereocenters. The number of benzene rings is 1. The molecule has 0 N–H and O–H groups in total. The van der Waals surface area contributed by atoms with Crippen LogP contribution in [-0.4, -0.2) is 6.10 Å². The Kier molecular flexibility index (Phi) is 3.52. The van der Waals surface area contributed by atoms with E-state index in [1.165, 1.54) is 24.8 Å². The first-order valence-corrected chi connectivity index (χ1v) is 6.37. The number of para-hydroxylation sites is 1. The van der Waals surface area contributed by atoms with Crippen LogP contribution in [0.1, 0.15) is 38.7 Å². The lowest BCUT2D eigenvalue weighted by Crippen LogP contribution is -2.28. The van der Waals surface area contributed by atoms with Crippen LogP contribution in [0.25, 0.3) is 0 Å². The van der Waals surface area contributed by atoms with Gasteiger partial charge in [0.2, 0.25) is 0 Å². The highest BCUT2D eigenvalue weighted by Gasteiger charge is 2.25. The molecule has 0 radical (unpaired) electrons. The van der Waals surface area contributed by atoms with E-state index in [-0.39, 0.29) is 0 Å². The molecule has 2 rings (SSSR count). The molecule has 88 valence electrons. The van der Waals surface area contributed by atoms with Crippen molar-refractivity contribution in [3.05, 3.63) is 29.8 Å². The number of ether oxygens (including phenoxy) is 1. The monoisotopic (exact) mass is 218 g/mol. The van der Waals surface area contributed by atoms with Gasteiger partial charge in [-0.05, 0) is 49.7 Å². The van der Waals surface area contributed by atoms with Gasteiger partial charge < -0.3 is 4.74 Å². The van der Waals surface area contributed by atoms with Crippen molar-refractivity contribution >= 4 is 0 Å². The molecular formula is C15H22O. The van der Waals surface area contributed by atoms with E-state index in [1.807, 2.05) is 0 Å². The third-order valence-corrected chi connectivity index (χ3v) is 3.52. The summed E-state index contributed by atoms with van der Waals surface area (Å²) in [5, 5.41) is 0. The summed E-state index contributed by atoms with van der Waals surface area (Å²) >= 11 is 0. The van der Waals surface area contributed by atoms with Gasteiger partial charge in [-0.15, -0.1) is 0 Å². The molecule has 1 aliphatic carbocycles. The molecule has 1 aromatic rings. The minimum atomic E-state index is 0.417. The third-order valence-electron chi connectivity index (χ3n) is 3.52. The fourth-order valence-electron chi connectivity index (χ4n) is 2.84. The van der Waals surface area contributed by atoms with Crippen molar-refractivity contribution in [1.82, 2.24) is 0 Å². The van der Waals surface area contributed by atoms with Crippen LogP contribution in [0, 0.1) is 18.8 Å². The van der Waals surface area contributed by atoms with Crippen LogP contribution < -0.4 is 4.74 Å². The first-order chi connectivity index (χ1) is 7.65. The number of hydrogen-bond donors (Lipinski definition) is 0. The second-order valence-corrected chi connectivity index (χ2v) is 5.42. The van der Waals surface area contributed by atoms with Gasteiger partial charge >= 0.3 is 0 Å². The van der Waals surface area contributed by atoms with E-state index in [4.69, 9.17) is 4.74 Å². The molecule has 16 heavy (non-hydrogen) atoms. The van der Waals surface area contributed by atoms with E-state index < -0.39 is 0 Å². The highest BCUT2D eigenvalue weighted by Crippen LogP contribution is 2.31. The average Bonchev–Trinajstić information content (AvgIpc) is 2.20. The molecule has 1 heteroatoms. The minimum Gasteiger partial charge on any atom is -0.490 e. The molecule has 1 saturated carbocycles. The van der Waals surface area contributed by atoms with Crippen molar-refractivity contribution in [2.24, 2.45) is 11.8 Å². The van der Waals surface area contributed by atoms with Gasteiger partial charge in [-0.3, -0.25) is 0 Å². The van der Waals surface area contributed by atoms with Crippen LogP contribution >= 0.6 is 0 Å². The van der Waals surface area contributed by atoms with Crippen molar-refractivity contribution in [3.8, 4) is 5.75 Å². The summed E-state index contributed by atoms with van der Waals surface area (Å²) in [6.07, 6.45) is 4.19. The summed E-state index contributed by atoms with van der Waals surface area (Å²) in [6.45, 7) is 6.79. The van der Waals surface area contributed by atoms with Crippen molar-refractivity contribution in [2.75, 3.05) is 0 Å². The lowest BCUT2D eigenvalue weighted by molar-refractivity contribution is 0.100. The Morgan fingerprint density at radius 1 is 1.00 bits per heavy atom. The third kappa shape index (κ3) is 2.78. The van der Waals surface area contributed by atoms with Crippen LogP contribution in [0.5, 0.6) is 5.75 Å². The van der Waals surface area contributed by atoms with Gasteiger partial charge in [-0.1, -0.05) is 32.0 Å². The van der Waals surface area contributed by atoms with Crippen molar-refractivity contribution in [3.63, 3.8) is 0 Å². The molecule has 2 atom stereocenters. The molecule has 0 bridgehead atoms. The molecular weight excluding hydrogens is 196 g/mol.